The first-order valence-corrected chi connectivity index (χ1v) is 36.2. The normalized spacial score (nSPS) is 11.2. The average Bonchev–Trinajstić information content (AvgIpc) is 4.18. The van der Waals surface area contributed by atoms with E-state index in [2.05, 4.69) is 188 Å². The second-order valence-electron chi connectivity index (χ2n) is 17.5. The number of hydrogen-bond donors (Lipinski definition) is 0. The Bertz CT molecular complexity index is 3060. The molecular weight excluding hydrogens is 943 g/mol. The van der Waals surface area contributed by atoms with E-state index >= 15 is 0 Å². The van der Waals surface area contributed by atoms with Gasteiger partial charge in [-0.1, -0.05) is 161 Å². The van der Waals surface area contributed by atoms with Crippen molar-refractivity contribution in [3.63, 3.8) is 0 Å². The van der Waals surface area contributed by atoms with Crippen molar-refractivity contribution in [2.24, 2.45) is 0 Å². The Morgan fingerprint density at radius 3 is 1.15 bits per heavy atom. The second kappa shape index (κ2) is 21.5. The molecule has 336 valence electrons. The van der Waals surface area contributed by atoms with Gasteiger partial charge in [0.1, 0.15) is 0 Å². The van der Waals surface area contributed by atoms with Crippen LogP contribution in [-0.4, -0.2) is 5.43 Å². The summed E-state index contributed by atoms with van der Waals surface area (Å²) in [5, 5.41) is 9.83. The van der Waals surface area contributed by atoms with Gasteiger partial charge < -0.3 is 8.83 Å². The minimum atomic E-state index is -1.65. The molecular formula is C60H60Cl2O2SiZr-2. The monoisotopic (exact) mass is 1000 g/mol. The van der Waals surface area contributed by atoms with Gasteiger partial charge in [0.05, 0.1) is 24.0 Å². The van der Waals surface area contributed by atoms with E-state index in [1.165, 1.54) is 88.0 Å². The van der Waals surface area contributed by atoms with Crippen molar-refractivity contribution < 1.29 is 26.8 Å². The number of halogens is 2. The van der Waals surface area contributed by atoms with Gasteiger partial charge >= 0.3 is 53.5 Å². The zero-order valence-corrected chi connectivity index (χ0v) is 44.6. The first-order valence-electron chi connectivity index (χ1n) is 23.7. The summed E-state index contributed by atoms with van der Waals surface area (Å²) in [6.07, 6.45) is 10.00. The maximum absolute atomic E-state index is 6.01. The Hall–Kier alpha value is -4.70. The van der Waals surface area contributed by atoms with Gasteiger partial charge in [-0.05, 0) is 93.8 Å². The molecule has 0 amide bonds. The Labute approximate surface area is 406 Å². The SMILES string of the molecule is CCc1cc(CC)cc(-c2c(CC)ccc3[cH-]c(-c4occ5ccccc45)cc23)c1.CCc1cc(CC)cc(-c2c(CC)ccc3[cH-]c(-c4occ5ccccc45)cc23)c1.C[Si](C)=[Zr]([Cl])[Cl]. The number of fused-ring (bicyclic) bond motifs is 4. The number of aryl methyl sites for hydroxylation is 6. The van der Waals surface area contributed by atoms with Crippen molar-refractivity contribution in [1.29, 1.82) is 0 Å². The number of hydrogen-bond acceptors (Lipinski definition) is 2. The van der Waals surface area contributed by atoms with Crippen LogP contribution in [0.5, 0.6) is 0 Å². The zero-order chi connectivity index (χ0) is 46.5. The molecule has 0 saturated heterocycles. The third-order valence-electron chi connectivity index (χ3n) is 13.0. The van der Waals surface area contributed by atoms with E-state index in [-0.39, 0.29) is 5.43 Å². The van der Waals surface area contributed by atoms with Gasteiger partial charge in [0, 0.05) is 10.8 Å². The van der Waals surface area contributed by atoms with Crippen LogP contribution in [-0.2, 0) is 56.5 Å². The van der Waals surface area contributed by atoms with Crippen LogP contribution in [0.15, 0.2) is 155 Å². The van der Waals surface area contributed by atoms with Crippen molar-refractivity contribution >= 4 is 65.5 Å². The van der Waals surface area contributed by atoms with Gasteiger partial charge in [-0.25, -0.2) is 0 Å². The predicted octanol–water partition coefficient (Wildman–Crippen LogP) is 18.8. The van der Waals surface area contributed by atoms with Crippen LogP contribution >= 0.6 is 17.0 Å². The maximum atomic E-state index is 6.01. The van der Waals surface area contributed by atoms with Crippen molar-refractivity contribution in [3.05, 3.63) is 179 Å². The fraction of sp³-hybridized carbons (Fsp3) is 0.233. The van der Waals surface area contributed by atoms with E-state index in [9.17, 15) is 0 Å². The fourth-order valence-corrected chi connectivity index (χ4v) is 9.25. The molecule has 0 saturated carbocycles. The first kappa shape index (κ1) is 47.8. The molecule has 10 aromatic rings. The molecule has 0 fully saturated rings. The molecule has 0 unspecified atom stereocenters. The van der Waals surface area contributed by atoms with Crippen molar-refractivity contribution in [2.75, 3.05) is 0 Å². The van der Waals surface area contributed by atoms with E-state index in [0.717, 1.165) is 71.9 Å². The van der Waals surface area contributed by atoms with Crippen LogP contribution in [0.1, 0.15) is 74.9 Å². The molecule has 66 heavy (non-hydrogen) atoms. The molecule has 0 aliphatic rings. The Kier molecular flexibility index (Phi) is 15.6. The topological polar surface area (TPSA) is 26.3 Å². The zero-order valence-electron chi connectivity index (χ0n) is 39.7. The fourth-order valence-electron chi connectivity index (χ4n) is 9.25. The summed E-state index contributed by atoms with van der Waals surface area (Å²) in [4.78, 5) is 0. The predicted molar refractivity (Wildman–Crippen MR) is 286 cm³/mol. The van der Waals surface area contributed by atoms with E-state index in [1.807, 2.05) is 12.5 Å². The summed E-state index contributed by atoms with van der Waals surface area (Å²) in [5.41, 5.74) is 16.0. The van der Waals surface area contributed by atoms with Gasteiger partial charge in [-0.15, -0.1) is 57.9 Å². The van der Waals surface area contributed by atoms with Crippen LogP contribution in [0.4, 0.5) is 0 Å². The van der Waals surface area contributed by atoms with E-state index < -0.39 is 18.0 Å². The van der Waals surface area contributed by atoms with Crippen molar-refractivity contribution in [3.8, 4) is 44.9 Å². The van der Waals surface area contributed by atoms with Gasteiger partial charge in [-0.2, -0.15) is 0 Å². The van der Waals surface area contributed by atoms with E-state index in [0.29, 0.717) is 0 Å². The quantitative estimate of drug-likeness (QED) is 0.101. The molecule has 0 N–H and O–H groups in total. The summed E-state index contributed by atoms with van der Waals surface area (Å²) in [6.45, 7) is 17.8. The van der Waals surface area contributed by atoms with Crippen LogP contribution in [0.3, 0.4) is 0 Å². The molecule has 0 aliphatic heterocycles. The summed E-state index contributed by atoms with van der Waals surface area (Å²) in [7, 11) is 11.2. The first-order chi connectivity index (χ1) is 32.1. The molecule has 0 bridgehead atoms. The van der Waals surface area contributed by atoms with Crippen LogP contribution in [0.25, 0.3) is 88.0 Å². The number of rotatable bonds is 10. The molecule has 6 heteroatoms. The summed E-state index contributed by atoms with van der Waals surface area (Å²) in [6, 6.07) is 49.3. The third kappa shape index (κ3) is 10.1. The van der Waals surface area contributed by atoms with Crippen LogP contribution in [0, 0.1) is 0 Å². The van der Waals surface area contributed by atoms with Crippen LogP contribution in [0.2, 0.25) is 13.1 Å². The molecule has 10 rings (SSSR count). The molecule has 0 spiro atoms. The summed E-state index contributed by atoms with van der Waals surface area (Å²) >= 11 is -1.65. The summed E-state index contributed by atoms with van der Waals surface area (Å²) in [5.74, 6) is 1.92. The molecule has 2 aromatic heterocycles. The summed E-state index contributed by atoms with van der Waals surface area (Å²) < 4.78 is 12.0. The van der Waals surface area contributed by atoms with Gasteiger partial charge in [0.25, 0.3) is 0 Å². The Morgan fingerprint density at radius 1 is 0.455 bits per heavy atom. The molecule has 2 nitrogen and oxygen atoms in total. The molecule has 0 aliphatic carbocycles. The Morgan fingerprint density at radius 2 is 0.818 bits per heavy atom. The standard InChI is InChI=1S/2C29H27O.C2H6Si.2ClH.Zr/c2*1-4-19-13-20(5-2)15-24(14-19)28-21(6-3)11-12-22-16-25(17-27(22)28)29-26-10-8-7-9-23(26)18-30-29;1-3-2;;;/h2*7-18H,4-6H2,1-3H3;1-2H3;2*1H;/q2*-1;;;;+2/p-2. The average molecular weight is 1000 g/mol. The molecule has 0 radical (unpaired) electrons. The van der Waals surface area contributed by atoms with E-state index in [4.69, 9.17) is 25.9 Å². The van der Waals surface area contributed by atoms with Crippen molar-refractivity contribution in [2.45, 2.75) is 93.2 Å². The minimum absolute atomic E-state index is 0.224. The molecule has 2 heterocycles. The third-order valence-corrected chi connectivity index (χ3v) is 32.7. The van der Waals surface area contributed by atoms with Crippen molar-refractivity contribution in [1.82, 2.24) is 0 Å². The Balaban J connectivity index is 0.000000160. The van der Waals surface area contributed by atoms with Gasteiger partial charge in [0.2, 0.25) is 0 Å². The van der Waals surface area contributed by atoms with E-state index in [1.54, 1.807) is 0 Å². The second-order valence-corrected chi connectivity index (χ2v) is 40.4. The van der Waals surface area contributed by atoms with Gasteiger partial charge in [0.15, 0.2) is 0 Å². The number of furan rings is 2. The van der Waals surface area contributed by atoms with Crippen LogP contribution < -0.4 is 0 Å². The number of benzene rings is 6. The van der Waals surface area contributed by atoms with Gasteiger partial charge in [-0.3, -0.25) is 0 Å². The molecule has 8 aromatic carbocycles. The molecule has 0 atom stereocenters.